The minimum atomic E-state index is -3.28. The summed E-state index contributed by atoms with van der Waals surface area (Å²) < 4.78 is 26.1. The van der Waals surface area contributed by atoms with Gasteiger partial charge in [-0.1, -0.05) is 19.9 Å². The van der Waals surface area contributed by atoms with E-state index in [9.17, 15) is 8.42 Å². The van der Waals surface area contributed by atoms with Crippen LogP contribution in [-0.2, 0) is 10.0 Å². The van der Waals surface area contributed by atoms with Crippen molar-refractivity contribution in [1.82, 2.24) is 0 Å². The second-order valence-electron chi connectivity index (χ2n) is 7.15. The fraction of sp³-hybridized carbons (Fsp3) is 0.667. The van der Waals surface area contributed by atoms with Gasteiger partial charge in [-0.05, 0) is 56.7 Å². The van der Waals surface area contributed by atoms with Gasteiger partial charge in [0.2, 0.25) is 10.0 Å². The standard InChI is InChI=1S/C18H30N2O2S/c1-14(2)16-9-11-20(12-10-16)18-8-6-7-17(13-18)19(5)23(21,22)15(3)4/h6-8,13-16H,9-12H2,1-5H3. The highest BCUT2D eigenvalue weighted by Crippen LogP contribution is 2.30. The van der Waals surface area contributed by atoms with Gasteiger partial charge in [0.05, 0.1) is 10.9 Å². The largest absolute Gasteiger partial charge is 0.371 e. The first-order valence-corrected chi connectivity index (χ1v) is 10.1. The third-order valence-electron chi connectivity index (χ3n) is 5.02. The molecular weight excluding hydrogens is 308 g/mol. The summed E-state index contributed by atoms with van der Waals surface area (Å²) in [6.07, 6.45) is 2.42. The number of benzene rings is 1. The Bertz CT molecular complexity index is 618. The maximum Gasteiger partial charge on any atom is 0.237 e. The highest BCUT2D eigenvalue weighted by Gasteiger charge is 2.24. The molecule has 1 saturated heterocycles. The molecule has 1 fully saturated rings. The average molecular weight is 339 g/mol. The molecule has 23 heavy (non-hydrogen) atoms. The van der Waals surface area contributed by atoms with Crippen LogP contribution in [0.1, 0.15) is 40.5 Å². The van der Waals surface area contributed by atoms with E-state index in [1.165, 1.54) is 17.1 Å². The summed E-state index contributed by atoms with van der Waals surface area (Å²) in [7, 11) is -1.64. The average Bonchev–Trinajstić information content (AvgIpc) is 2.54. The summed E-state index contributed by atoms with van der Waals surface area (Å²) in [5, 5.41) is -0.419. The molecule has 0 aliphatic carbocycles. The van der Waals surface area contributed by atoms with Crippen LogP contribution in [-0.4, -0.2) is 33.8 Å². The Morgan fingerprint density at radius 1 is 1.13 bits per heavy atom. The number of sulfonamides is 1. The van der Waals surface area contributed by atoms with Crippen molar-refractivity contribution in [3.63, 3.8) is 0 Å². The third-order valence-corrected chi connectivity index (χ3v) is 7.18. The summed E-state index contributed by atoms with van der Waals surface area (Å²) in [6, 6.07) is 7.89. The predicted octanol–water partition coefficient (Wildman–Crippen LogP) is 3.73. The smallest absolute Gasteiger partial charge is 0.237 e. The van der Waals surface area contributed by atoms with E-state index >= 15 is 0 Å². The van der Waals surface area contributed by atoms with Crippen LogP contribution in [0.4, 0.5) is 11.4 Å². The fourth-order valence-corrected chi connectivity index (χ4v) is 4.21. The molecule has 0 unspecified atom stereocenters. The molecule has 1 heterocycles. The molecule has 1 aliphatic heterocycles. The van der Waals surface area contributed by atoms with E-state index in [0.717, 1.165) is 36.3 Å². The predicted molar refractivity (Wildman–Crippen MR) is 98.7 cm³/mol. The third kappa shape index (κ3) is 4.00. The van der Waals surface area contributed by atoms with Crippen molar-refractivity contribution in [2.24, 2.45) is 11.8 Å². The number of hydrogen-bond donors (Lipinski definition) is 0. The van der Waals surface area contributed by atoms with Gasteiger partial charge in [-0.25, -0.2) is 8.42 Å². The highest BCUT2D eigenvalue weighted by molar-refractivity contribution is 7.93. The molecule has 0 aromatic heterocycles. The minimum absolute atomic E-state index is 0.419. The van der Waals surface area contributed by atoms with Crippen molar-refractivity contribution in [2.75, 3.05) is 29.3 Å². The van der Waals surface area contributed by atoms with E-state index in [1.54, 1.807) is 20.9 Å². The molecule has 0 radical (unpaired) electrons. The van der Waals surface area contributed by atoms with Crippen LogP contribution < -0.4 is 9.21 Å². The summed E-state index contributed by atoms with van der Waals surface area (Å²) in [5.74, 6) is 1.55. The molecule has 0 spiro atoms. The van der Waals surface area contributed by atoms with Gasteiger partial charge in [-0.15, -0.1) is 0 Å². The number of nitrogens with zero attached hydrogens (tertiary/aromatic N) is 2. The maximum atomic E-state index is 12.3. The lowest BCUT2D eigenvalue weighted by Gasteiger charge is -2.35. The molecule has 130 valence electrons. The summed E-state index contributed by atoms with van der Waals surface area (Å²) in [6.45, 7) is 10.1. The molecule has 0 amide bonds. The molecule has 0 N–H and O–H groups in total. The van der Waals surface area contributed by atoms with Gasteiger partial charge in [0.15, 0.2) is 0 Å². The molecule has 1 aromatic rings. The van der Waals surface area contributed by atoms with E-state index in [-0.39, 0.29) is 0 Å². The van der Waals surface area contributed by atoms with Gasteiger partial charge in [-0.3, -0.25) is 4.31 Å². The van der Waals surface area contributed by atoms with Crippen LogP contribution in [0.15, 0.2) is 24.3 Å². The molecule has 0 atom stereocenters. The van der Waals surface area contributed by atoms with Crippen LogP contribution >= 0.6 is 0 Å². The Morgan fingerprint density at radius 3 is 2.26 bits per heavy atom. The molecule has 0 bridgehead atoms. The quantitative estimate of drug-likeness (QED) is 0.821. The van der Waals surface area contributed by atoms with Crippen LogP contribution in [0.3, 0.4) is 0 Å². The zero-order valence-corrected chi connectivity index (χ0v) is 15.8. The van der Waals surface area contributed by atoms with Gasteiger partial charge in [0, 0.05) is 25.8 Å². The van der Waals surface area contributed by atoms with Crippen LogP contribution in [0, 0.1) is 11.8 Å². The van der Waals surface area contributed by atoms with Crippen LogP contribution in [0.25, 0.3) is 0 Å². The lowest BCUT2D eigenvalue weighted by Crippen LogP contribution is -2.36. The molecule has 1 aliphatic rings. The van der Waals surface area contributed by atoms with E-state index in [0.29, 0.717) is 0 Å². The van der Waals surface area contributed by atoms with Crippen LogP contribution in [0.2, 0.25) is 0 Å². The Balaban J connectivity index is 2.15. The Kier molecular flexibility index (Phi) is 5.61. The van der Waals surface area contributed by atoms with E-state index in [4.69, 9.17) is 0 Å². The topological polar surface area (TPSA) is 40.6 Å². The number of rotatable bonds is 5. The van der Waals surface area contributed by atoms with E-state index < -0.39 is 15.3 Å². The van der Waals surface area contributed by atoms with Crippen molar-refractivity contribution in [3.05, 3.63) is 24.3 Å². The second-order valence-corrected chi connectivity index (χ2v) is 9.67. The van der Waals surface area contributed by atoms with E-state index in [2.05, 4.69) is 24.8 Å². The minimum Gasteiger partial charge on any atom is -0.371 e. The van der Waals surface area contributed by atoms with Gasteiger partial charge >= 0.3 is 0 Å². The zero-order valence-electron chi connectivity index (χ0n) is 15.0. The normalized spacial score (nSPS) is 17.1. The first-order valence-electron chi connectivity index (χ1n) is 8.56. The first-order chi connectivity index (χ1) is 10.7. The number of piperidine rings is 1. The van der Waals surface area contributed by atoms with Crippen molar-refractivity contribution in [3.8, 4) is 0 Å². The van der Waals surface area contributed by atoms with Crippen molar-refractivity contribution in [2.45, 2.75) is 45.8 Å². The van der Waals surface area contributed by atoms with Crippen molar-refractivity contribution >= 4 is 21.4 Å². The summed E-state index contributed by atoms with van der Waals surface area (Å²) in [4.78, 5) is 2.37. The van der Waals surface area contributed by atoms with Gasteiger partial charge in [0.25, 0.3) is 0 Å². The van der Waals surface area contributed by atoms with E-state index in [1.807, 2.05) is 18.2 Å². The number of hydrogen-bond acceptors (Lipinski definition) is 3. The summed E-state index contributed by atoms with van der Waals surface area (Å²) >= 11 is 0. The Labute approximate surface area is 141 Å². The molecule has 2 rings (SSSR count). The highest BCUT2D eigenvalue weighted by atomic mass is 32.2. The molecule has 0 saturated carbocycles. The summed E-state index contributed by atoms with van der Waals surface area (Å²) in [5.41, 5.74) is 1.86. The van der Waals surface area contributed by atoms with Gasteiger partial charge in [0.1, 0.15) is 0 Å². The second kappa shape index (κ2) is 7.12. The molecular formula is C18H30N2O2S. The molecule has 5 heteroatoms. The van der Waals surface area contributed by atoms with Gasteiger partial charge in [-0.2, -0.15) is 0 Å². The van der Waals surface area contributed by atoms with Crippen LogP contribution in [0.5, 0.6) is 0 Å². The molecule has 1 aromatic carbocycles. The Hall–Kier alpha value is -1.23. The first kappa shape index (κ1) is 18.1. The molecule has 4 nitrogen and oxygen atoms in total. The lowest BCUT2D eigenvalue weighted by molar-refractivity contribution is 0.311. The fourth-order valence-electron chi connectivity index (χ4n) is 3.17. The maximum absolute atomic E-state index is 12.3. The number of anilines is 2. The lowest BCUT2D eigenvalue weighted by atomic mass is 9.86. The Morgan fingerprint density at radius 2 is 1.74 bits per heavy atom. The van der Waals surface area contributed by atoms with Gasteiger partial charge < -0.3 is 4.90 Å². The van der Waals surface area contributed by atoms with Crippen molar-refractivity contribution < 1.29 is 8.42 Å². The zero-order chi connectivity index (χ0) is 17.2. The van der Waals surface area contributed by atoms with Crippen molar-refractivity contribution in [1.29, 1.82) is 0 Å². The SMILES string of the molecule is CC(C)C1CCN(c2cccc(N(C)S(=O)(=O)C(C)C)c2)CC1. The monoisotopic (exact) mass is 338 g/mol.